The van der Waals surface area contributed by atoms with Crippen LogP contribution in [-0.4, -0.2) is 65.4 Å². The molecule has 0 amide bonds. The molecule has 1 aromatic rings. The van der Waals surface area contributed by atoms with Gasteiger partial charge in [-0.05, 0) is 37.6 Å². The first kappa shape index (κ1) is 23.9. The number of aliphatic imine (C=N–C) groups is 1. The molecule has 0 unspecified atom stereocenters. The van der Waals surface area contributed by atoms with E-state index in [-0.39, 0.29) is 24.0 Å². The first-order chi connectivity index (χ1) is 11.6. The Morgan fingerprint density at radius 2 is 1.96 bits per heavy atom. The molecule has 0 heterocycles. The number of halogens is 1. The van der Waals surface area contributed by atoms with Gasteiger partial charge in [0.05, 0.1) is 7.11 Å². The second-order valence-corrected chi connectivity index (χ2v) is 5.81. The van der Waals surface area contributed by atoms with Gasteiger partial charge in [-0.25, -0.2) is 0 Å². The summed E-state index contributed by atoms with van der Waals surface area (Å²) in [6.45, 7) is 6.40. The number of nitrogens with zero attached hydrogens (tertiary/aromatic N) is 2. The molecule has 1 rings (SSSR count). The highest BCUT2D eigenvalue weighted by Gasteiger charge is 2.03. The number of guanidine groups is 1. The first-order valence-electron chi connectivity index (χ1n) is 8.36. The lowest BCUT2D eigenvalue weighted by atomic mass is 10.1. The average Bonchev–Trinajstić information content (AvgIpc) is 2.59. The summed E-state index contributed by atoms with van der Waals surface area (Å²) in [7, 11) is 7.34. The van der Waals surface area contributed by atoms with Crippen molar-refractivity contribution in [2.45, 2.75) is 19.9 Å². The van der Waals surface area contributed by atoms with Crippen LogP contribution in [0.15, 0.2) is 23.2 Å². The molecule has 144 valence electrons. The Morgan fingerprint density at radius 1 is 1.20 bits per heavy atom. The van der Waals surface area contributed by atoms with Gasteiger partial charge in [0.2, 0.25) is 0 Å². The maximum Gasteiger partial charge on any atom is 0.191 e. The number of ether oxygens (including phenoxy) is 2. The number of methoxy groups -OCH3 is 2. The summed E-state index contributed by atoms with van der Waals surface area (Å²) >= 11 is 0. The molecule has 2 N–H and O–H groups in total. The SMILES string of the molecule is CN=C(NCCN(C)CCCOC)NCc1ccc(C)c(OC)c1.I. The molecule has 0 aliphatic carbocycles. The molecule has 1 aromatic carbocycles. The maximum absolute atomic E-state index is 5.36. The van der Waals surface area contributed by atoms with Gasteiger partial charge in [-0.15, -0.1) is 24.0 Å². The molecule has 6 nitrogen and oxygen atoms in total. The van der Waals surface area contributed by atoms with Crippen molar-refractivity contribution in [2.24, 2.45) is 4.99 Å². The van der Waals surface area contributed by atoms with Crippen LogP contribution < -0.4 is 15.4 Å². The minimum atomic E-state index is 0. The van der Waals surface area contributed by atoms with Gasteiger partial charge >= 0.3 is 0 Å². The summed E-state index contributed by atoms with van der Waals surface area (Å²) in [5.74, 6) is 1.72. The van der Waals surface area contributed by atoms with Gasteiger partial charge in [-0.1, -0.05) is 12.1 Å². The molecule has 25 heavy (non-hydrogen) atoms. The summed E-state index contributed by atoms with van der Waals surface area (Å²) < 4.78 is 10.4. The van der Waals surface area contributed by atoms with E-state index in [0.29, 0.717) is 6.54 Å². The largest absolute Gasteiger partial charge is 0.496 e. The number of aryl methyl sites for hydroxylation is 1. The highest BCUT2D eigenvalue weighted by Crippen LogP contribution is 2.18. The molecule has 0 aliphatic heterocycles. The number of likely N-dealkylation sites (N-methyl/N-ethyl adjacent to an activating group) is 1. The van der Waals surface area contributed by atoms with Gasteiger partial charge in [0, 0.05) is 46.9 Å². The zero-order valence-electron chi connectivity index (χ0n) is 16.1. The van der Waals surface area contributed by atoms with Crippen molar-refractivity contribution in [1.82, 2.24) is 15.5 Å². The fraction of sp³-hybridized carbons (Fsp3) is 0.611. The van der Waals surface area contributed by atoms with Crippen LogP contribution in [0.5, 0.6) is 5.75 Å². The van der Waals surface area contributed by atoms with Gasteiger partial charge in [0.25, 0.3) is 0 Å². The minimum absolute atomic E-state index is 0. The number of rotatable bonds is 10. The van der Waals surface area contributed by atoms with Crippen LogP contribution in [0.2, 0.25) is 0 Å². The third kappa shape index (κ3) is 9.86. The monoisotopic (exact) mass is 464 g/mol. The van der Waals surface area contributed by atoms with Crippen molar-refractivity contribution in [3.05, 3.63) is 29.3 Å². The summed E-state index contributed by atoms with van der Waals surface area (Å²) in [6, 6.07) is 6.22. The predicted octanol–water partition coefficient (Wildman–Crippen LogP) is 2.25. The van der Waals surface area contributed by atoms with Gasteiger partial charge in [0.1, 0.15) is 5.75 Å². The molecule has 0 aromatic heterocycles. The van der Waals surface area contributed by atoms with E-state index in [4.69, 9.17) is 9.47 Å². The Balaban J connectivity index is 0.00000576. The number of nitrogens with one attached hydrogen (secondary N) is 2. The molecule has 0 spiro atoms. The minimum Gasteiger partial charge on any atom is -0.496 e. The topological polar surface area (TPSA) is 58.1 Å². The van der Waals surface area contributed by atoms with Crippen LogP contribution in [0, 0.1) is 6.92 Å². The molecule has 0 fully saturated rings. The lowest BCUT2D eigenvalue weighted by Gasteiger charge is -2.18. The number of hydrogen-bond acceptors (Lipinski definition) is 4. The summed E-state index contributed by atoms with van der Waals surface area (Å²) in [5.41, 5.74) is 2.30. The molecule has 0 bridgehead atoms. The zero-order valence-corrected chi connectivity index (χ0v) is 18.4. The first-order valence-corrected chi connectivity index (χ1v) is 8.36. The zero-order chi connectivity index (χ0) is 17.8. The maximum atomic E-state index is 5.36. The van der Waals surface area contributed by atoms with Gasteiger partial charge in [-0.2, -0.15) is 0 Å². The van der Waals surface area contributed by atoms with Crippen LogP contribution >= 0.6 is 24.0 Å². The Labute approximate surface area is 169 Å². The number of hydrogen-bond donors (Lipinski definition) is 2. The van der Waals surface area contributed by atoms with Crippen LogP contribution in [0.1, 0.15) is 17.5 Å². The summed E-state index contributed by atoms with van der Waals surface area (Å²) in [4.78, 5) is 6.54. The van der Waals surface area contributed by atoms with Crippen LogP contribution in [-0.2, 0) is 11.3 Å². The van der Waals surface area contributed by atoms with Gasteiger partial charge < -0.3 is 25.0 Å². The van der Waals surface area contributed by atoms with Crippen molar-refractivity contribution in [3.63, 3.8) is 0 Å². The Hall–Kier alpha value is -1.06. The normalized spacial score (nSPS) is 11.2. The molecule has 0 saturated carbocycles. The lowest BCUT2D eigenvalue weighted by molar-refractivity contribution is 0.180. The fourth-order valence-corrected chi connectivity index (χ4v) is 2.34. The van der Waals surface area contributed by atoms with Crippen molar-refractivity contribution in [3.8, 4) is 5.75 Å². The van der Waals surface area contributed by atoms with Crippen LogP contribution in [0.4, 0.5) is 0 Å². The van der Waals surface area contributed by atoms with E-state index in [2.05, 4.69) is 45.8 Å². The predicted molar refractivity (Wildman–Crippen MR) is 115 cm³/mol. The summed E-state index contributed by atoms with van der Waals surface area (Å²) in [6.07, 6.45) is 1.05. The molecule has 0 radical (unpaired) electrons. The van der Waals surface area contributed by atoms with Crippen LogP contribution in [0.25, 0.3) is 0 Å². The third-order valence-corrected chi connectivity index (χ3v) is 3.83. The number of benzene rings is 1. The fourth-order valence-electron chi connectivity index (χ4n) is 2.34. The quantitative estimate of drug-likeness (QED) is 0.241. The highest BCUT2D eigenvalue weighted by molar-refractivity contribution is 14.0. The van der Waals surface area contributed by atoms with Crippen molar-refractivity contribution in [1.29, 1.82) is 0 Å². The van der Waals surface area contributed by atoms with Crippen molar-refractivity contribution in [2.75, 3.05) is 54.6 Å². The van der Waals surface area contributed by atoms with Gasteiger partial charge in [-0.3, -0.25) is 4.99 Å². The molecule has 7 heteroatoms. The van der Waals surface area contributed by atoms with E-state index >= 15 is 0 Å². The molecular formula is C18H33IN4O2. The van der Waals surface area contributed by atoms with E-state index in [0.717, 1.165) is 55.5 Å². The van der Waals surface area contributed by atoms with E-state index in [1.165, 1.54) is 0 Å². The summed E-state index contributed by atoms with van der Waals surface area (Å²) in [5, 5.41) is 6.66. The van der Waals surface area contributed by atoms with Crippen molar-refractivity contribution >= 4 is 29.9 Å². The molecule has 0 aliphatic rings. The van der Waals surface area contributed by atoms with Crippen LogP contribution in [0.3, 0.4) is 0 Å². The van der Waals surface area contributed by atoms with Gasteiger partial charge in [0.15, 0.2) is 5.96 Å². The van der Waals surface area contributed by atoms with Crippen molar-refractivity contribution < 1.29 is 9.47 Å². The average molecular weight is 464 g/mol. The smallest absolute Gasteiger partial charge is 0.191 e. The Kier molecular flexibility index (Phi) is 13.5. The molecule has 0 saturated heterocycles. The van der Waals surface area contributed by atoms with E-state index in [1.54, 1.807) is 21.3 Å². The highest BCUT2D eigenvalue weighted by atomic mass is 127. The second-order valence-electron chi connectivity index (χ2n) is 5.81. The Bertz CT molecular complexity index is 512. The molecule has 0 atom stereocenters. The standard InChI is InChI=1S/C18H32N4O2.HI/c1-15-7-8-16(13-17(15)24-5)14-21-18(19-2)20-9-11-22(3)10-6-12-23-4;/h7-8,13H,6,9-12,14H2,1-5H3,(H2,19,20,21);1H. The van der Waals surface area contributed by atoms with E-state index in [9.17, 15) is 0 Å². The second kappa shape index (κ2) is 14.1. The molecular weight excluding hydrogens is 431 g/mol. The lowest BCUT2D eigenvalue weighted by Crippen LogP contribution is -2.40. The van der Waals surface area contributed by atoms with E-state index < -0.39 is 0 Å². The third-order valence-electron chi connectivity index (χ3n) is 3.83. The Morgan fingerprint density at radius 3 is 2.60 bits per heavy atom. The van der Waals surface area contributed by atoms with E-state index in [1.807, 2.05) is 6.92 Å².